The van der Waals surface area contributed by atoms with Gasteiger partial charge in [0.05, 0.1) is 11.6 Å². The van der Waals surface area contributed by atoms with Gasteiger partial charge in [0.1, 0.15) is 12.4 Å². The lowest BCUT2D eigenvalue weighted by Crippen LogP contribution is -2.29. The van der Waals surface area contributed by atoms with Crippen LogP contribution >= 0.6 is 11.6 Å². The van der Waals surface area contributed by atoms with Gasteiger partial charge in [0.25, 0.3) is 5.91 Å². The van der Waals surface area contributed by atoms with Gasteiger partial charge in [-0.25, -0.2) is 0 Å². The summed E-state index contributed by atoms with van der Waals surface area (Å²) in [6.07, 6.45) is 3.92. The topological polar surface area (TPSA) is 41.6 Å². The van der Waals surface area contributed by atoms with Crippen molar-refractivity contribution in [3.05, 3.63) is 64.7 Å². The van der Waals surface area contributed by atoms with Crippen molar-refractivity contribution in [2.45, 2.75) is 25.8 Å². The summed E-state index contributed by atoms with van der Waals surface area (Å²) < 4.78 is 5.57. The standard InChI is InChI=1S/C21H25ClN2O2/c22-19-6-2-3-7-20(19)26-15-12-23-21(25)18-10-8-17(9-11-18)16-24-13-4-1-5-14-24/h2-3,6-11H,1,4-5,12-16H2,(H,23,25). The third-order valence-electron chi connectivity index (χ3n) is 4.55. The summed E-state index contributed by atoms with van der Waals surface area (Å²) in [7, 11) is 0. The predicted octanol–water partition coefficient (Wildman–Crippen LogP) is 4.13. The smallest absolute Gasteiger partial charge is 0.251 e. The third-order valence-corrected chi connectivity index (χ3v) is 4.87. The molecule has 0 radical (unpaired) electrons. The predicted molar refractivity (Wildman–Crippen MR) is 105 cm³/mol. The number of benzene rings is 2. The van der Waals surface area contributed by atoms with Crippen LogP contribution in [0.15, 0.2) is 48.5 Å². The SMILES string of the molecule is O=C(NCCOc1ccccc1Cl)c1ccc(CN2CCCCC2)cc1. The summed E-state index contributed by atoms with van der Waals surface area (Å²) in [5, 5.41) is 3.44. The Morgan fingerprint density at radius 3 is 2.50 bits per heavy atom. The van der Waals surface area contributed by atoms with Gasteiger partial charge in [-0.1, -0.05) is 42.3 Å². The molecule has 1 fully saturated rings. The molecule has 138 valence electrons. The number of para-hydroxylation sites is 1. The lowest BCUT2D eigenvalue weighted by atomic mass is 10.1. The number of carbonyl (C=O) groups is 1. The van der Waals surface area contributed by atoms with Gasteiger partial charge in [-0.3, -0.25) is 9.69 Å². The van der Waals surface area contributed by atoms with Crippen molar-refractivity contribution < 1.29 is 9.53 Å². The van der Waals surface area contributed by atoms with Crippen molar-refractivity contribution >= 4 is 17.5 Å². The fourth-order valence-electron chi connectivity index (χ4n) is 3.13. The van der Waals surface area contributed by atoms with E-state index >= 15 is 0 Å². The Hall–Kier alpha value is -2.04. The number of piperidine rings is 1. The highest BCUT2D eigenvalue weighted by atomic mass is 35.5. The molecule has 1 aliphatic rings. The average Bonchev–Trinajstić information content (AvgIpc) is 2.68. The van der Waals surface area contributed by atoms with E-state index in [2.05, 4.69) is 10.2 Å². The average molecular weight is 373 g/mol. The van der Waals surface area contributed by atoms with E-state index < -0.39 is 0 Å². The van der Waals surface area contributed by atoms with Gasteiger partial charge in [0, 0.05) is 12.1 Å². The van der Waals surface area contributed by atoms with Crippen LogP contribution in [0.1, 0.15) is 35.2 Å². The molecule has 2 aromatic carbocycles. The molecule has 4 nitrogen and oxygen atoms in total. The monoisotopic (exact) mass is 372 g/mol. The van der Waals surface area contributed by atoms with Crippen LogP contribution in [0.2, 0.25) is 5.02 Å². The molecule has 26 heavy (non-hydrogen) atoms. The van der Waals surface area contributed by atoms with Crippen molar-refractivity contribution in [2.24, 2.45) is 0 Å². The lowest BCUT2D eigenvalue weighted by Gasteiger charge is -2.26. The summed E-state index contributed by atoms with van der Waals surface area (Å²) in [6, 6.07) is 15.2. The molecule has 1 heterocycles. The molecule has 0 aliphatic carbocycles. The highest BCUT2D eigenvalue weighted by Crippen LogP contribution is 2.22. The summed E-state index contributed by atoms with van der Waals surface area (Å²) in [5.74, 6) is 0.544. The number of carbonyl (C=O) groups excluding carboxylic acids is 1. The first kappa shape index (κ1) is 18.7. The Morgan fingerprint density at radius 2 is 1.77 bits per heavy atom. The van der Waals surface area contributed by atoms with Crippen LogP contribution in [0.25, 0.3) is 0 Å². The number of rotatable bonds is 7. The Balaban J connectivity index is 1.42. The highest BCUT2D eigenvalue weighted by molar-refractivity contribution is 6.32. The number of hydrogen-bond donors (Lipinski definition) is 1. The Kier molecular flexibility index (Phi) is 6.92. The first-order chi connectivity index (χ1) is 12.7. The Bertz CT molecular complexity index is 712. The number of halogens is 1. The molecule has 0 bridgehead atoms. The minimum atomic E-state index is -0.0859. The second kappa shape index (κ2) is 9.60. The van der Waals surface area contributed by atoms with Crippen LogP contribution in [0.5, 0.6) is 5.75 Å². The van der Waals surface area contributed by atoms with E-state index in [1.54, 1.807) is 6.07 Å². The summed E-state index contributed by atoms with van der Waals surface area (Å²) in [4.78, 5) is 14.7. The maximum absolute atomic E-state index is 12.2. The van der Waals surface area contributed by atoms with Gasteiger partial charge in [-0.2, -0.15) is 0 Å². The van der Waals surface area contributed by atoms with Crippen molar-refractivity contribution in [2.75, 3.05) is 26.2 Å². The molecule has 0 spiro atoms. The summed E-state index contributed by atoms with van der Waals surface area (Å²) in [6.45, 7) is 4.12. The molecule has 0 aromatic heterocycles. The number of nitrogens with one attached hydrogen (secondary N) is 1. The second-order valence-electron chi connectivity index (χ2n) is 6.57. The van der Waals surface area contributed by atoms with Gasteiger partial charge in [0.2, 0.25) is 0 Å². The summed E-state index contributed by atoms with van der Waals surface area (Å²) >= 11 is 6.03. The van der Waals surface area contributed by atoms with E-state index in [-0.39, 0.29) is 5.91 Å². The van der Waals surface area contributed by atoms with Crippen LogP contribution in [0.3, 0.4) is 0 Å². The molecule has 1 amide bonds. The fraction of sp³-hybridized carbons (Fsp3) is 0.381. The van der Waals surface area contributed by atoms with Crippen molar-refractivity contribution in [1.82, 2.24) is 10.2 Å². The van der Waals surface area contributed by atoms with Crippen LogP contribution in [0.4, 0.5) is 0 Å². The zero-order chi connectivity index (χ0) is 18.2. The quantitative estimate of drug-likeness (QED) is 0.743. The van der Waals surface area contributed by atoms with Crippen LogP contribution < -0.4 is 10.1 Å². The number of nitrogens with zero attached hydrogens (tertiary/aromatic N) is 1. The van der Waals surface area contributed by atoms with E-state index in [4.69, 9.17) is 16.3 Å². The van der Waals surface area contributed by atoms with Crippen LogP contribution in [-0.2, 0) is 6.54 Å². The zero-order valence-electron chi connectivity index (χ0n) is 14.9. The van der Waals surface area contributed by atoms with E-state index in [0.717, 1.165) is 6.54 Å². The van der Waals surface area contributed by atoms with Crippen molar-refractivity contribution in [3.63, 3.8) is 0 Å². The van der Waals surface area contributed by atoms with Gasteiger partial charge in [-0.15, -0.1) is 0 Å². The first-order valence-corrected chi connectivity index (χ1v) is 9.57. The Labute approximate surface area is 160 Å². The molecule has 3 rings (SSSR count). The highest BCUT2D eigenvalue weighted by Gasteiger charge is 2.11. The van der Waals surface area contributed by atoms with Crippen molar-refractivity contribution in [1.29, 1.82) is 0 Å². The molecule has 0 saturated carbocycles. The number of ether oxygens (including phenoxy) is 1. The van der Waals surface area contributed by atoms with Crippen molar-refractivity contribution in [3.8, 4) is 5.75 Å². The number of likely N-dealkylation sites (tertiary alicyclic amines) is 1. The maximum Gasteiger partial charge on any atom is 0.251 e. The molecular weight excluding hydrogens is 348 g/mol. The van der Waals surface area contributed by atoms with Gasteiger partial charge < -0.3 is 10.1 Å². The molecule has 0 atom stereocenters. The number of amides is 1. The first-order valence-electron chi connectivity index (χ1n) is 9.19. The van der Waals surface area contributed by atoms with E-state index in [1.165, 1.54) is 37.9 Å². The molecule has 1 N–H and O–H groups in total. The third kappa shape index (κ3) is 5.48. The molecule has 0 unspecified atom stereocenters. The lowest BCUT2D eigenvalue weighted by molar-refractivity contribution is 0.0947. The van der Waals surface area contributed by atoms with E-state index in [9.17, 15) is 4.79 Å². The molecular formula is C21H25ClN2O2. The Morgan fingerprint density at radius 1 is 1.04 bits per heavy atom. The second-order valence-corrected chi connectivity index (χ2v) is 6.98. The molecule has 1 aliphatic heterocycles. The van der Waals surface area contributed by atoms with Gasteiger partial charge in [0.15, 0.2) is 0 Å². The fourth-order valence-corrected chi connectivity index (χ4v) is 3.32. The molecule has 2 aromatic rings. The molecule has 1 saturated heterocycles. The zero-order valence-corrected chi connectivity index (χ0v) is 15.7. The van der Waals surface area contributed by atoms with Gasteiger partial charge in [-0.05, 0) is 55.8 Å². The van der Waals surface area contributed by atoms with Gasteiger partial charge >= 0.3 is 0 Å². The maximum atomic E-state index is 12.2. The minimum absolute atomic E-state index is 0.0859. The van der Waals surface area contributed by atoms with E-state index in [1.807, 2.05) is 42.5 Å². The largest absolute Gasteiger partial charge is 0.490 e. The van der Waals surface area contributed by atoms with E-state index in [0.29, 0.717) is 29.5 Å². The normalized spacial score (nSPS) is 14.8. The summed E-state index contributed by atoms with van der Waals surface area (Å²) in [5.41, 5.74) is 1.93. The minimum Gasteiger partial charge on any atom is -0.490 e. The van der Waals surface area contributed by atoms with Crippen LogP contribution in [0, 0.1) is 0 Å². The van der Waals surface area contributed by atoms with Crippen LogP contribution in [-0.4, -0.2) is 37.0 Å². The molecule has 5 heteroatoms. The number of hydrogen-bond acceptors (Lipinski definition) is 3.